The van der Waals surface area contributed by atoms with Gasteiger partial charge in [0.2, 0.25) is 5.60 Å². The van der Waals surface area contributed by atoms with Crippen molar-refractivity contribution in [3.8, 4) is 0 Å². The molecule has 0 saturated heterocycles. The molecule has 0 spiro atoms. The van der Waals surface area contributed by atoms with E-state index in [-0.39, 0.29) is 0 Å². The van der Waals surface area contributed by atoms with E-state index in [4.69, 9.17) is 0 Å². The molecule has 2 nitrogen and oxygen atoms in total. The van der Waals surface area contributed by atoms with Gasteiger partial charge in [-0.3, -0.25) is 4.98 Å². The third kappa shape index (κ3) is 2.31. The summed E-state index contributed by atoms with van der Waals surface area (Å²) in [6.07, 6.45) is -2.73. The SMILES string of the molecule is OC(c1ccc(F)cc1)(c1cccnc1)C(F)(F)F. The smallest absolute Gasteiger partial charge is 0.372 e. The van der Waals surface area contributed by atoms with Gasteiger partial charge in [0, 0.05) is 18.0 Å². The highest BCUT2D eigenvalue weighted by Crippen LogP contribution is 2.43. The average molecular weight is 271 g/mol. The van der Waals surface area contributed by atoms with E-state index < -0.39 is 28.7 Å². The van der Waals surface area contributed by atoms with Crippen molar-refractivity contribution in [2.75, 3.05) is 0 Å². The van der Waals surface area contributed by atoms with Crippen molar-refractivity contribution in [1.82, 2.24) is 4.98 Å². The van der Waals surface area contributed by atoms with Crippen LogP contribution in [0.15, 0.2) is 48.8 Å². The largest absolute Gasteiger partial charge is 0.425 e. The zero-order valence-electron chi connectivity index (χ0n) is 9.53. The van der Waals surface area contributed by atoms with Crippen LogP contribution in [0.3, 0.4) is 0 Å². The molecule has 2 rings (SSSR count). The lowest BCUT2D eigenvalue weighted by Gasteiger charge is -2.31. The Balaban J connectivity index is 2.63. The van der Waals surface area contributed by atoms with E-state index in [9.17, 15) is 22.7 Å². The van der Waals surface area contributed by atoms with Gasteiger partial charge in [0.15, 0.2) is 0 Å². The Hall–Kier alpha value is -1.95. The number of rotatable bonds is 2. The molecule has 1 aromatic heterocycles. The van der Waals surface area contributed by atoms with Gasteiger partial charge in [0.05, 0.1) is 0 Å². The lowest BCUT2D eigenvalue weighted by atomic mass is 9.86. The second kappa shape index (κ2) is 4.62. The van der Waals surface area contributed by atoms with Crippen LogP contribution in [0.5, 0.6) is 0 Å². The first-order valence-electron chi connectivity index (χ1n) is 5.31. The zero-order valence-corrected chi connectivity index (χ0v) is 9.53. The van der Waals surface area contributed by atoms with Gasteiger partial charge < -0.3 is 5.11 Å². The van der Waals surface area contributed by atoms with E-state index in [1.807, 2.05) is 0 Å². The first-order valence-corrected chi connectivity index (χ1v) is 5.31. The molecule has 0 amide bonds. The molecule has 1 aromatic carbocycles. The summed E-state index contributed by atoms with van der Waals surface area (Å²) in [6.45, 7) is 0. The van der Waals surface area contributed by atoms with Crippen LogP contribution in [0.2, 0.25) is 0 Å². The number of nitrogens with zero attached hydrogens (tertiary/aromatic N) is 1. The molecule has 0 saturated carbocycles. The predicted octanol–water partition coefficient (Wildman–Crippen LogP) is 3.02. The van der Waals surface area contributed by atoms with Crippen LogP contribution in [0, 0.1) is 5.82 Å². The second-order valence-corrected chi connectivity index (χ2v) is 3.96. The van der Waals surface area contributed by atoms with Crippen LogP contribution >= 0.6 is 0 Å². The summed E-state index contributed by atoms with van der Waals surface area (Å²) in [6, 6.07) is 5.93. The molecular weight excluding hydrogens is 262 g/mol. The predicted molar refractivity (Wildman–Crippen MR) is 59.7 cm³/mol. The Labute approximate surface area is 106 Å². The molecule has 0 aliphatic carbocycles. The Kier molecular flexibility index (Phi) is 3.28. The van der Waals surface area contributed by atoms with Gasteiger partial charge in [-0.1, -0.05) is 18.2 Å². The van der Waals surface area contributed by atoms with Gasteiger partial charge in [-0.05, 0) is 23.8 Å². The van der Waals surface area contributed by atoms with Gasteiger partial charge in [-0.15, -0.1) is 0 Å². The van der Waals surface area contributed by atoms with E-state index in [0.29, 0.717) is 0 Å². The van der Waals surface area contributed by atoms with Gasteiger partial charge in [-0.2, -0.15) is 13.2 Å². The molecule has 0 radical (unpaired) electrons. The fraction of sp³-hybridized carbons (Fsp3) is 0.154. The topological polar surface area (TPSA) is 33.1 Å². The monoisotopic (exact) mass is 271 g/mol. The second-order valence-electron chi connectivity index (χ2n) is 3.96. The van der Waals surface area contributed by atoms with Crippen molar-refractivity contribution in [2.24, 2.45) is 0 Å². The number of hydrogen-bond acceptors (Lipinski definition) is 2. The van der Waals surface area contributed by atoms with Crippen molar-refractivity contribution in [2.45, 2.75) is 11.8 Å². The van der Waals surface area contributed by atoms with E-state index in [0.717, 1.165) is 36.5 Å². The number of aliphatic hydroxyl groups is 1. The summed E-state index contributed by atoms with van der Waals surface area (Å²) in [5, 5.41) is 10.1. The van der Waals surface area contributed by atoms with E-state index in [2.05, 4.69) is 4.98 Å². The Morgan fingerprint density at radius 2 is 1.58 bits per heavy atom. The molecule has 19 heavy (non-hydrogen) atoms. The van der Waals surface area contributed by atoms with Crippen LogP contribution in [0.25, 0.3) is 0 Å². The van der Waals surface area contributed by atoms with Gasteiger partial charge in [-0.25, -0.2) is 4.39 Å². The first-order chi connectivity index (χ1) is 8.85. The molecule has 1 N–H and O–H groups in total. The molecule has 100 valence electrons. The van der Waals surface area contributed by atoms with Crippen molar-refractivity contribution in [3.05, 3.63) is 65.7 Å². The molecule has 0 aliphatic heterocycles. The molecule has 1 unspecified atom stereocenters. The number of halogens is 4. The highest BCUT2D eigenvalue weighted by atomic mass is 19.4. The third-order valence-corrected chi connectivity index (χ3v) is 2.75. The summed E-state index contributed by atoms with van der Waals surface area (Å²) in [5.74, 6) is -0.681. The van der Waals surface area contributed by atoms with Crippen molar-refractivity contribution < 1.29 is 22.7 Å². The maximum atomic E-state index is 13.2. The van der Waals surface area contributed by atoms with Crippen molar-refractivity contribution in [3.63, 3.8) is 0 Å². The van der Waals surface area contributed by atoms with Gasteiger partial charge in [0.25, 0.3) is 0 Å². The summed E-state index contributed by atoms with van der Waals surface area (Å²) < 4.78 is 52.4. The van der Waals surface area contributed by atoms with E-state index >= 15 is 0 Å². The Bertz CT molecular complexity index is 553. The Morgan fingerprint density at radius 3 is 2.05 bits per heavy atom. The maximum Gasteiger partial charge on any atom is 0.425 e. The lowest BCUT2D eigenvalue weighted by Crippen LogP contribution is -2.43. The number of pyridine rings is 1. The summed E-state index contributed by atoms with van der Waals surface area (Å²) in [5.41, 5.74) is -4.10. The van der Waals surface area contributed by atoms with Gasteiger partial charge >= 0.3 is 6.18 Å². The third-order valence-electron chi connectivity index (χ3n) is 2.75. The fourth-order valence-electron chi connectivity index (χ4n) is 1.76. The first kappa shape index (κ1) is 13.5. The van der Waals surface area contributed by atoms with Crippen LogP contribution < -0.4 is 0 Å². The normalized spacial score (nSPS) is 15.0. The molecule has 1 atom stereocenters. The number of hydrogen-bond donors (Lipinski definition) is 1. The van der Waals surface area contributed by atoms with Crippen LogP contribution in [-0.2, 0) is 5.60 Å². The summed E-state index contributed by atoms with van der Waals surface area (Å²) in [4.78, 5) is 3.57. The standard InChI is InChI=1S/C13H9F4NO/c14-11-5-3-9(4-6-11)12(19,13(15,16)17)10-2-1-7-18-8-10/h1-8,19H. The fourth-order valence-corrected chi connectivity index (χ4v) is 1.76. The molecule has 1 heterocycles. The van der Waals surface area contributed by atoms with Crippen LogP contribution in [0.4, 0.5) is 17.6 Å². The highest BCUT2D eigenvalue weighted by Gasteiger charge is 2.56. The highest BCUT2D eigenvalue weighted by molar-refractivity contribution is 5.36. The number of aromatic nitrogens is 1. The van der Waals surface area contributed by atoms with Crippen LogP contribution in [-0.4, -0.2) is 16.3 Å². The maximum absolute atomic E-state index is 13.2. The minimum absolute atomic E-state index is 0.422. The van der Waals surface area contributed by atoms with E-state index in [1.54, 1.807) is 0 Å². The summed E-state index contributed by atoms with van der Waals surface area (Å²) in [7, 11) is 0. The number of alkyl halides is 3. The zero-order chi connectivity index (χ0) is 14.1. The molecule has 6 heteroatoms. The van der Waals surface area contributed by atoms with Gasteiger partial charge in [0.1, 0.15) is 5.82 Å². The molecule has 0 aliphatic rings. The summed E-state index contributed by atoms with van der Waals surface area (Å²) >= 11 is 0. The number of benzene rings is 1. The minimum Gasteiger partial charge on any atom is -0.372 e. The average Bonchev–Trinajstić information content (AvgIpc) is 2.38. The molecule has 2 aromatic rings. The molecule has 0 bridgehead atoms. The quantitative estimate of drug-likeness (QED) is 0.852. The van der Waals surface area contributed by atoms with Crippen molar-refractivity contribution >= 4 is 0 Å². The molecular formula is C13H9F4NO. The molecule has 0 fully saturated rings. The van der Waals surface area contributed by atoms with Crippen LogP contribution in [0.1, 0.15) is 11.1 Å². The van der Waals surface area contributed by atoms with Crippen molar-refractivity contribution in [1.29, 1.82) is 0 Å². The lowest BCUT2D eigenvalue weighted by molar-refractivity contribution is -0.248. The minimum atomic E-state index is -4.95. The Morgan fingerprint density at radius 1 is 0.947 bits per heavy atom. The van der Waals surface area contributed by atoms with E-state index in [1.165, 1.54) is 12.3 Å².